The Hall–Kier alpha value is -4.24. The molecule has 1 amide bonds. The van der Waals surface area contributed by atoms with Gasteiger partial charge >= 0.3 is 0 Å². The van der Waals surface area contributed by atoms with Gasteiger partial charge in [0.1, 0.15) is 29.3 Å². The van der Waals surface area contributed by atoms with Gasteiger partial charge in [-0.2, -0.15) is 5.10 Å². The molecule has 1 fully saturated rings. The third kappa shape index (κ3) is 5.84. The Labute approximate surface area is 222 Å². The number of likely N-dealkylation sites (N-methyl/N-ethyl adjacent to an activating group) is 1. The maximum atomic E-state index is 12.3. The van der Waals surface area contributed by atoms with Crippen LogP contribution >= 0.6 is 0 Å². The summed E-state index contributed by atoms with van der Waals surface area (Å²) in [4.78, 5) is 23.1. The van der Waals surface area contributed by atoms with Gasteiger partial charge in [-0.05, 0) is 76.2 Å². The van der Waals surface area contributed by atoms with E-state index in [1.165, 1.54) is 6.33 Å². The zero-order valence-corrected chi connectivity index (χ0v) is 21.7. The Kier molecular flexibility index (Phi) is 7.65. The number of carbonyl (C=O) groups excluding carboxylic acids is 1. The molecule has 0 bridgehead atoms. The van der Waals surface area contributed by atoms with Crippen LogP contribution in [0, 0.1) is 0 Å². The topological polar surface area (TPSA) is 111 Å². The van der Waals surface area contributed by atoms with E-state index in [0.29, 0.717) is 5.82 Å². The molecule has 0 saturated heterocycles. The normalized spacial score (nSPS) is 17.8. The van der Waals surface area contributed by atoms with Crippen molar-refractivity contribution in [2.75, 3.05) is 26.4 Å². The molecule has 9 nitrogen and oxygen atoms in total. The number of nitrogens with zero attached hydrogens (tertiary/aromatic N) is 5. The van der Waals surface area contributed by atoms with Crippen LogP contribution in [0.3, 0.4) is 0 Å². The van der Waals surface area contributed by atoms with Crippen molar-refractivity contribution in [1.82, 2.24) is 30.0 Å². The minimum absolute atomic E-state index is 0.0395. The van der Waals surface area contributed by atoms with Crippen molar-refractivity contribution in [1.29, 1.82) is 0 Å². The average Bonchev–Trinajstić information content (AvgIpc) is 3.31. The first-order valence-electron chi connectivity index (χ1n) is 12.9. The first-order valence-corrected chi connectivity index (χ1v) is 12.9. The first kappa shape index (κ1) is 25.4. The van der Waals surface area contributed by atoms with E-state index >= 15 is 0 Å². The fourth-order valence-electron chi connectivity index (χ4n) is 4.84. The van der Waals surface area contributed by atoms with E-state index in [4.69, 9.17) is 15.6 Å². The second-order valence-corrected chi connectivity index (χ2v) is 9.87. The predicted molar refractivity (Wildman–Crippen MR) is 149 cm³/mol. The molecule has 2 aromatic heterocycles. The number of carbonyl (C=O) groups is 1. The fraction of sp³-hybridized carbons (Fsp3) is 0.310. The number of amides is 1. The third-order valence-corrected chi connectivity index (χ3v) is 6.75. The molecule has 9 heteroatoms. The number of nitrogens with one attached hydrogen (secondary N) is 1. The second-order valence-electron chi connectivity index (χ2n) is 9.87. The van der Waals surface area contributed by atoms with E-state index in [-0.39, 0.29) is 18.0 Å². The fourth-order valence-corrected chi connectivity index (χ4v) is 4.84. The summed E-state index contributed by atoms with van der Waals surface area (Å²) in [5, 5.41) is 8.88. The molecular formula is C29H33N7O2. The smallest absolute Gasteiger partial charge is 0.243 e. The van der Waals surface area contributed by atoms with Crippen LogP contribution in [0.2, 0.25) is 0 Å². The Morgan fingerprint density at radius 2 is 1.76 bits per heavy atom. The zero-order chi connectivity index (χ0) is 26.5. The van der Waals surface area contributed by atoms with Crippen LogP contribution in [0.25, 0.3) is 22.3 Å². The number of rotatable bonds is 8. The van der Waals surface area contributed by atoms with Gasteiger partial charge in [0.25, 0.3) is 0 Å². The molecule has 4 aromatic rings. The number of nitrogens with two attached hydrogens (primary N) is 1. The molecule has 1 saturated carbocycles. The van der Waals surface area contributed by atoms with Crippen molar-refractivity contribution in [2.45, 2.75) is 37.8 Å². The second kappa shape index (κ2) is 11.4. The lowest BCUT2D eigenvalue weighted by Gasteiger charge is -2.29. The van der Waals surface area contributed by atoms with Crippen molar-refractivity contribution in [3.63, 3.8) is 0 Å². The highest BCUT2D eigenvalue weighted by Crippen LogP contribution is 2.36. The lowest BCUT2D eigenvalue weighted by atomic mass is 9.91. The maximum Gasteiger partial charge on any atom is 0.243 e. The number of hydrogen-bond acceptors (Lipinski definition) is 7. The molecule has 1 aliphatic carbocycles. The minimum atomic E-state index is -0.0395. The Morgan fingerprint density at radius 1 is 1.05 bits per heavy atom. The zero-order valence-electron chi connectivity index (χ0n) is 21.7. The van der Waals surface area contributed by atoms with Gasteiger partial charge in [0, 0.05) is 24.2 Å². The summed E-state index contributed by atoms with van der Waals surface area (Å²) < 4.78 is 7.93. The molecule has 0 unspecified atom stereocenters. The van der Waals surface area contributed by atoms with Crippen LogP contribution in [0.1, 0.15) is 31.7 Å². The van der Waals surface area contributed by atoms with Gasteiger partial charge in [0.2, 0.25) is 5.91 Å². The summed E-state index contributed by atoms with van der Waals surface area (Å²) in [6.07, 6.45) is 8.51. The Balaban J connectivity index is 1.32. The quantitative estimate of drug-likeness (QED) is 0.333. The lowest BCUT2D eigenvalue weighted by Crippen LogP contribution is -2.37. The monoisotopic (exact) mass is 511 g/mol. The molecular weight excluding hydrogens is 478 g/mol. The molecule has 196 valence electrons. The van der Waals surface area contributed by atoms with E-state index in [1.807, 2.05) is 84.4 Å². The molecule has 38 heavy (non-hydrogen) atoms. The number of fused-ring (bicyclic) bond motifs is 1. The summed E-state index contributed by atoms with van der Waals surface area (Å²) in [7, 11) is 3.95. The van der Waals surface area contributed by atoms with E-state index in [9.17, 15) is 4.79 Å². The lowest BCUT2D eigenvalue weighted by molar-refractivity contribution is -0.117. The molecule has 0 radical (unpaired) electrons. The summed E-state index contributed by atoms with van der Waals surface area (Å²) in [5.74, 6) is 1.89. The number of anilines is 1. The van der Waals surface area contributed by atoms with Crippen LogP contribution in [0.4, 0.5) is 5.82 Å². The molecule has 0 atom stereocenters. The van der Waals surface area contributed by atoms with Crippen molar-refractivity contribution in [2.24, 2.45) is 0 Å². The average molecular weight is 512 g/mol. The van der Waals surface area contributed by atoms with Gasteiger partial charge in [-0.1, -0.05) is 24.3 Å². The summed E-state index contributed by atoms with van der Waals surface area (Å²) in [6, 6.07) is 17.8. The molecule has 2 aromatic carbocycles. The molecule has 2 heterocycles. The van der Waals surface area contributed by atoms with Crippen LogP contribution < -0.4 is 15.8 Å². The van der Waals surface area contributed by atoms with E-state index < -0.39 is 0 Å². The van der Waals surface area contributed by atoms with Gasteiger partial charge in [-0.3, -0.25) is 4.79 Å². The van der Waals surface area contributed by atoms with Gasteiger partial charge in [-0.15, -0.1) is 0 Å². The summed E-state index contributed by atoms with van der Waals surface area (Å²) >= 11 is 0. The van der Waals surface area contributed by atoms with Gasteiger partial charge in [0.05, 0.1) is 11.4 Å². The van der Waals surface area contributed by atoms with Crippen LogP contribution in [0.5, 0.6) is 11.5 Å². The van der Waals surface area contributed by atoms with E-state index in [1.54, 1.807) is 6.08 Å². The van der Waals surface area contributed by atoms with Crippen LogP contribution in [0.15, 0.2) is 73.1 Å². The van der Waals surface area contributed by atoms with Crippen LogP contribution in [-0.2, 0) is 4.79 Å². The highest BCUT2D eigenvalue weighted by Gasteiger charge is 2.27. The Bertz CT molecular complexity index is 1410. The number of ether oxygens (including phenoxy) is 1. The predicted octanol–water partition coefficient (Wildman–Crippen LogP) is 4.59. The number of hydrogen-bond donors (Lipinski definition) is 2. The van der Waals surface area contributed by atoms with Crippen LogP contribution in [-0.4, -0.2) is 57.2 Å². The highest BCUT2D eigenvalue weighted by molar-refractivity contribution is 5.98. The van der Waals surface area contributed by atoms with Crippen molar-refractivity contribution in [3.05, 3.63) is 73.1 Å². The van der Waals surface area contributed by atoms with Gasteiger partial charge in [0.15, 0.2) is 5.65 Å². The Morgan fingerprint density at radius 3 is 2.47 bits per heavy atom. The SMILES string of the molecule is CN(C)CC=CC(=O)NC1CCC(n2nc(-c3ccc(Oc4ccccc4)cc3)c3c(N)ncnc32)CC1. The number of para-hydroxylation sites is 1. The summed E-state index contributed by atoms with van der Waals surface area (Å²) in [6.45, 7) is 0.739. The molecule has 0 spiro atoms. The summed E-state index contributed by atoms with van der Waals surface area (Å²) in [5.41, 5.74) is 8.72. The minimum Gasteiger partial charge on any atom is -0.457 e. The molecule has 0 aliphatic heterocycles. The van der Waals surface area contributed by atoms with Gasteiger partial charge in [-0.25, -0.2) is 14.6 Å². The molecule has 3 N–H and O–H groups in total. The number of nitrogen functional groups attached to an aromatic ring is 1. The standard InChI is InChI=1S/C29H33N7O2/c1-35(2)18-6-9-25(37)33-21-12-14-22(15-13-21)36-29-26(28(30)31-19-32-29)27(34-36)20-10-16-24(17-11-20)38-23-7-4-3-5-8-23/h3-11,16-17,19,21-22H,12-15,18H2,1-2H3,(H,33,37)(H2,30,31,32). The van der Waals surface area contributed by atoms with Gasteiger partial charge < -0.3 is 20.7 Å². The first-order chi connectivity index (χ1) is 18.5. The van der Waals surface area contributed by atoms with E-state index in [0.717, 1.165) is 66.0 Å². The van der Waals surface area contributed by atoms with E-state index in [2.05, 4.69) is 15.3 Å². The molecule has 5 rings (SSSR count). The van der Waals surface area contributed by atoms with Crippen molar-refractivity contribution >= 4 is 22.8 Å². The molecule has 1 aliphatic rings. The number of aromatic nitrogens is 4. The van der Waals surface area contributed by atoms with Crippen molar-refractivity contribution in [3.8, 4) is 22.8 Å². The maximum absolute atomic E-state index is 12.3. The largest absolute Gasteiger partial charge is 0.457 e. The van der Waals surface area contributed by atoms with Crippen molar-refractivity contribution < 1.29 is 9.53 Å². The third-order valence-electron chi connectivity index (χ3n) is 6.75. The highest BCUT2D eigenvalue weighted by atomic mass is 16.5. The number of benzene rings is 2.